The summed E-state index contributed by atoms with van der Waals surface area (Å²) in [5.41, 5.74) is 4.63. The van der Waals surface area contributed by atoms with Crippen molar-refractivity contribution in [1.29, 1.82) is 5.26 Å². The number of fused-ring (bicyclic) bond motifs is 1. The fraction of sp³-hybridized carbons (Fsp3) is 0.346. The molecule has 8 nitrogen and oxygen atoms in total. The first-order chi connectivity index (χ1) is 17.1. The number of pyridine rings is 1. The lowest BCUT2D eigenvalue weighted by molar-refractivity contribution is 0.148. The second-order valence-electron chi connectivity index (χ2n) is 8.86. The van der Waals surface area contributed by atoms with E-state index in [0.717, 1.165) is 54.2 Å². The van der Waals surface area contributed by atoms with Crippen molar-refractivity contribution in [3.8, 4) is 12.1 Å². The molecule has 0 spiro atoms. The summed E-state index contributed by atoms with van der Waals surface area (Å²) in [5, 5.41) is 10.6. The molecule has 9 heteroatoms. The molecule has 4 aromatic rings. The summed E-state index contributed by atoms with van der Waals surface area (Å²) in [4.78, 5) is 22.5. The zero-order valence-electron chi connectivity index (χ0n) is 19.9. The molecule has 1 fully saturated rings. The van der Waals surface area contributed by atoms with Gasteiger partial charge in [-0.25, -0.2) is 9.97 Å². The van der Waals surface area contributed by atoms with Gasteiger partial charge in [-0.15, -0.1) is 11.3 Å². The van der Waals surface area contributed by atoms with E-state index in [-0.39, 0.29) is 6.01 Å². The third-order valence-electron chi connectivity index (χ3n) is 6.12. The van der Waals surface area contributed by atoms with Gasteiger partial charge < -0.3 is 9.64 Å². The van der Waals surface area contributed by atoms with Gasteiger partial charge in [-0.2, -0.15) is 10.2 Å². The molecule has 178 valence electrons. The van der Waals surface area contributed by atoms with Crippen LogP contribution >= 0.6 is 11.3 Å². The summed E-state index contributed by atoms with van der Waals surface area (Å²) in [6.07, 6.45) is 3.37. The van der Waals surface area contributed by atoms with Crippen LogP contribution in [0.2, 0.25) is 0 Å². The minimum atomic E-state index is -0.593. The predicted molar refractivity (Wildman–Crippen MR) is 135 cm³/mol. The molecule has 1 aromatic carbocycles. The maximum atomic E-state index is 9.88. The Kier molecular flexibility index (Phi) is 6.95. The number of likely N-dealkylation sites (N-methyl/N-ethyl adjacent to an activating group) is 1. The number of aromatic nitrogens is 4. The normalized spacial score (nSPS) is 15.7. The minimum Gasteiger partial charge on any atom is -0.459 e. The van der Waals surface area contributed by atoms with Gasteiger partial charge in [0.25, 0.3) is 0 Å². The number of hydrogen-bond acceptors (Lipinski definition) is 9. The number of ether oxygens (including phenoxy) is 1. The van der Waals surface area contributed by atoms with Gasteiger partial charge in [0.2, 0.25) is 0 Å². The van der Waals surface area contributed by atoms with Crippen LogP contribution in [0.25, 0.3) is 10.2 Å². The zero-order valence-corrected chi connectivity index (χ0v) is 20.7. The van der Waals surface area contributed by atoms with Crippen molar-refractivity contribution < 1.29 is 4.74 Å². The van der Waals surface area contributed by atoms with Crippen molar-refractivity contribution in [1.82, 2.24) is 29.7 Å². The van der Waals surface area contributed by atoms with E-state index in [1.165, 1.54) is 16.9 Å². The largest absolute Gasteiger partial charge is 0.459 e. The molecule has 1 aliphatic rings. The van der Waals surface area contributed by atoms with Crippen molar-refractivity contribution >= 4 is 21.6 Å². The Hall–Kier alpha value is -3.45. The third-order valence-corrected chi connectivity index (χ3v) is 7.20. The molecule has 0 saturated carbocycles. The van der Waals surface area contributed by atoms with Crippen molar-refractivity contribution in [2.45, 2.75) is 26.0 Å². The van der Waals surface area contributed by atoms with Crippen LogP contribution in [-0.2, 0) is 13.2 Å². The zero-order chi connectivity index (χ0) is 24.2. The molecular formula is C26H27N7OS. The van der Waals surface area contributed by atoms with E-state index in [1.54, 1.807) is 18.5 Å². The number of nitrogens with zero attached hydrogens (tertiary/aromatic N) is 7. The minimum absolute atomic E-state index is 0.255. The molecule has 0 aliphatic carbocycles. The molecule has 3 aromatic heterocycles. The first-order valence-corrected chi connectivity index (χ1v) is 12.5. The van der Waals surface area contributed by atoms with Gasteiger partial charge in [-0.3, -0.25) is 9.88 Å². The summed E-state index contributed by atoms with van der Waals surface area (Å²) >= 11 is 1.49. The monoisotopic (exact) mass is 485 g/mol. The molecule has 0 amide bonds. The predicted octanol–water partition coefficient (Wildman–Crippen LogP) is 3.77. The highest BCUT2D eigenvalue weighted by Crippen LogP contribution is 2.31. The fourth-order valence-electron chi connectivity index (χ4n) is 4.13. The van der Waals surface area contributed by atoms with E-state index in [1.807, 2.05) is 19.1 Å². The number of aryl methyl sites for hydroxylation is 1. The Bertz CT molecular complexity index is 1360. The van der Waals surface area contributed by atoms with Crippen LogP contribution in [0.1, 0.15) is 33.4 Å². The quantitative estimate of drug-likeness (QED) is 0.391. The molecule has 5 rings (SSSR count). The topological polar surface area (TPSA) is 91.1 Å². The van der Waals surface area contributed by atoms with Gasteiger partial charge in [0.15, 0.2) is 0 Å². The van der Waals surface area contributed by atoms with Crippen LogP contribution in [0.5, 0.6) is 6.01 Å². The van der Waals surface area contributed by atoms with Crippen molar-refractivity contribution in [2.75, 3.05) is 33.2 Å². The Morgan fingerprint density at radius 1 is 1.09 bits per heavy atom. The molecule has 0 N–H and O–H groups in total. The second kappa shape index (κ2) is 10.4. The van der Waals surface area contributed by atoms with Gasteiger partial charge in [0, 0.05) is 44.6 Å². The van der Waals surface area contributed by atoms with Crippen molar-refractivity contribution in [3.05, 3.63) is 76.3 Å². The van der Waals surface area contributed by atoms with Crippen LogP contribution in [-0.4, -0.2) is 63.0 Å². The highest BCUT2D eigenvalue weighted by Gasteiger charge is 2.21. The lowest BCUT2D eigenvalue weighted by Gasteiger charge is -2.32. The summed E-state index contributed by atoms with van der Waals surface area (Å²) < 4.78 is 6.93. The summed E-state index contributed by atoms with van der Waals surface area (Å²) in [6, 6.07) is 14.8. The van der Waals surface area contributed by atoms with E-state index >= 15 is 0 Å². The number of benzene rings is 1. The van der Waals surface area contributed by atoms with E-state index in [0.29, 0.717) is 17.3 Å². The molecule has 0 bridgehead atoms. The number of nitriles is 1. The second-order valence-corrected chi connectivity index (χ2v) is 9.92. The van der Waals surface area contributed by atoms with E-state index in [2.05, 4.69) is 61.1 Å². The number of hydrogen-bond donors (Lipinski definition) is 0. The van der Waals surface area contributed by atoms with Crippen LogP contribution in [0, 0.1) is 18.3 Å². The molecule has 1 saturated heterocycles. The van der Waals surface area contributed by atoms with Crippen LogP contribution in [0.15, 0.2) is 48.8 Å². The lowest BCUT2D eigenvalue weighted by atomic mass is 10.1. The smallest absolute Gasteiger partial charge is 0.316 e. The van der Waals surface area contributed by atoms with Gasteiger partial charge >= 0.3 is 6.01 Å². The molecule has 1 unspecified atom stereocenters. The Labute approximate surface area is 208 Å². The van der Waals surface area contributed by atoms with Gasteiger partial charge in [0.1, 0.15) is 17.5 Å². The average Bonchev–Trinajstić information content (AvgIpc) is 3.28. The van der Waals surface area contributed by atoms with Gasteiger partial charge in [0.05, 0.1) is 28.2 Å². The standard InChI is InChI=1S/C26H27N7OS/c1-18-12-24-23(15-29-18)30-25(35-24)21(14-27)22-6-7-28-26(31-22)34-17-20-5-3-4-19(13-20)16-33-10-8-32(2)9-11-33/h3-7,12-13,15,21H,8-11,16-17H2,1-2H3. The maximum Gasteiger partial charge on any atom is 0.316 e. The Morgan fingerprint density at radius 2 is 1.91 bits per heavy atom. The van der Waals surface area contributed by atoms with Crippen molar-refractivity contribution in [2.24, 2.45) is 0 Å². The highest BCUT2D eigenvalue weighted by molar-refractivity contribution is 7.18. The van der Waals surface area contributed by atoms with E-state index in [9.17, 15) is 5.26 Å². The number of thiazole rings is 1. The lowest BCUT2D eigenvalue weighted by Crippen LogP contribution is -2.43. The van der Waals surface area contributed by atoms with Gasteiger partial charge in [-0.1, -0.05) is 24.3 Å². The molecule has 1 atom stereocenters. The van der Waals surface area contributed by atoms with Crippen LogP contribution < -0.4 is 4.74 Å². The average molecular weight is 486 g/mol. The maximum absolute atomic E-state index is 9.88. The Morgan fingerprint density at radius 3 is 2.74 bits per heavy atom. The molecular weight excluding hydrogens is 458 g/mol. The highest BCUT2D eigenvalue weighted by atomic mass is 32.1. The van der Waals surface area contributed by atoms with Crippen molar-refractivity contribution in [3.63, 3.8) is 0 Å². The number of piperazine rings is 1. The van der Waals surface area contributed by atoms with E-state index in [4.69, 9.17) is 4.74 Å². The van der Waals surface area contributed by atoms with Gasteiger partial charge in [-0.05, 0) is 37.2 Å². The first-order valence-electron chi connectivity index (χ1n) is 11.6. The van der Waals surface area contributed by atoms with E-state index < -0.39 is 5.92 Å². The molecule has 1 aliphatic heterocycles. The third kappa shape index (κ3) is 5.62. The SMILES string of the molecule is Cc1cc2sc(C(C#N)c3ccnc(OCc4cccc(CN5CCN(C)CC5)c4)n3)nc2cn1. The summed E-state index contributed by atoms with van der Waals surface area (Å²) in [5.74, 6) is -0.593. The summed E-state index contributed by atoms with van der Waals surface area (Å²) in [6.45, 7) is 7.63. The molecule has 4 heterocycles. The first kappa shape index (κ1) is 23.3. The molecule has 35 heavy (non-hydrogen) atoms. The van der Waals surface area contributed by atoms with Crippen LogP contribution in [0.4, 0.5) is 0 Å². The Balaban J connectivity index is 1.26. The number of rotatable bonds is 7. The molecule has 0 radical (unpaired) electrons. The van der Waals surface area contributed by atoms with Crippen LogP contribution in [0.3, 0.4) is 0 Å². The fourth-order valence-corrected chi connectivity index (χ4v) is 5.23. The summed E-state index contributed by atoms with van der Waals surface area (Å²) in [7, 11) is 2.17.